The summed E-state index contributed by atoms with van der Waals surface area (Å²) < 4.78 is 43.3. The summed E-state index contributed by atoms with van der Waals surface area (Å²) in [5.41, 5.74) is 6.02. The Morgan fingerprint density at radius 1 is 1.17 bits per heavy atom. The van der Waals surface area contributed by atoms with Gasteiger partial charge in [0.1, 0.15) is 5.75 Å². The van der Waals surface area contributed by atoms with Gasteiger partial charge in [-0.25, -0.2) is 0 Å². The van der Waals surface area contributed by atoms with Crippen molar-refractivity contribution in [2.75, 3.05) is 20.7 Å². The van der Waals surface area contributed by atoms with Gasteiger partial charge in [0.2, 0.25) is 0 Å². The van der Waals surface area contributed by atoms with Crippen molar-refractivity contribution in [3.05, 3.63) is 65.2 Å². The number of amides is 1. The molecule has 0 fully saturated rings. The second-order valence-corrected chi connectivity index (χ2v) is 6.35. The van der Waals surface area contributed by atoms with Gasteiger partial charge in [-0.2, -0.15) is 13.2 Å². The second-order valence-electron chi connectivity index (χ2n) is 6.35. The third kappa shape index (κ3) is 7.02. The highest BCUT2D eigenvalue weighted by atomic mass is 19.4. The number of rotatable bonds is 7. The number of carbonyl (C=O) groups excluding carboxylic acids is 1. The molecule has 0 aliphatic rings. The van der Waals surface area contributed by atoms with E-state index in [1.165, 1.54) is 12.1 Å². The molecule has 0 radical (unpaired) electrons. The summed E-state index contributed by atoms with van der Waals surface area (Å²) in [5, 5.41) is 3.18. The summed E-state index contributed by atoms with van der Waals surface area (Å²) in [6.07, 6.45) is -4.35. The third-order valence-electron chi connectivity index (χ3n) is 4.00. The first kappa shape index (κ1) is 22.1. The average Bonchev–Trinajstić information content (AvgIpc) is 2.67. The normalized spacial score (nSPS) is 11.8. The zero-order chi connectivity index (χ0) is 21.4. The summed E-state index contributed by atoms with van der Waals surface area (Å²) in [7, 11) is 3.41. The lowest BCUT2D eigenvalue weighted by Gasteiger charge is -2.22. The highest BCUT2D eigenvalue weighted by Gasteiger charge is 2.29. The first-order valence-corrected chi connectivity index (χ1v) is 8.77. The quantitative estimate of drug-likeness (QED) is 0.545. The zero-order valence-electron chi connectivity index (χ0n) is 16.2. The maximum absolute atomic E-state index is 12.7. The van der Waals surface area contributed by atoms with Crippen LogP contribution in [0.2, 0.25) is 0 Å². The number of hydrogen-bond acceptors (Lipinski definition) is 3. The maximum atomic E-state index is 12.7. The molecule has 0 unspecified atom stereocenters. The largest absolute Gasteiger partial charge is 0.484 e. The first-order valence-electron chi connectivity index (χ1n) is 8.77. The molecule has 0 aromatic heterocycles. The summed E-state index contributed by atoms with van der Waals surface area (Å²) in [6.45, 7) is 0.631. The number of aliphatic imine (C=N–C) groups is 1. The molecule has 6 nitrogen and oxygen atoms in total. The molecular weight excluding hydrogens is 385 g/mol. The highest BCUT2D eigenvalue weighted by molar-refractivity contribution is 5.79. The molecule has 0 aliphatic carbocycles. The smallest absolute Gasteiger partial charge is 0.416 e. The molecule has 1 amide bonds. The maximum Gasteiger partial charge on any atom is 0.416 e. The lowest BCUT2D eigenvalue weighted by Crippen LogP contribution is -2.38. The standard InChI is InChI=1S/C20H23F3N4O2/c1-25-19(26-11-15-4-3-5-17(10-15)29-13-18(24)28)27(2)12-14-6-8-16(9-7-14)20(21,22)23/h3-10H,11-13H2,1-2H3,(H2,24,28)(H,25,26). The minimum Gasteiger partial charge on any atom is -0.484 e. The van der Waals surface area contributed by atoms with Crippen LogP contribution in [0.5, 0.6) is 5.75 Å². The number of halogens is 3. The number of carbonyl (C=O) groups is 1. The van der Waals surface area contributed by atoms with Gasteiger partial charge < -0.3 is 20.7 Å². The minimum atomic E-state index is -4.35. The van der Waals surface area contributed by atoms with Crippen molar-refractivity contribution < 1.29 is 22.7 Å². The molecule has 0 spiro atoms. The van der Waals surface area contributed by atoms with Crippen molar-refractivity contribution in [2.24, 2.45) is 10.7 Å². The number of nitrogens with one attached hydrogen (secondary N) is 1. The van der Waals surface area contributed by atoms with E-state index < -0.39 is 17.6 Å². The molecule has 156 valence electrons. The van der Waals surface area contributed by atoms with Crippen LogP contribution in [0.4, 0.5) is 13.2 Å². The molecule has 0 saturated heterocycles. The number of benzene rings is 2. The number of ether oxygens (including phenoxy) is 1. The van der Waals surface area contributed by atoms with Gasteiger partial charge in [0.25, 0.3) is 5.91 Å². The van der Waals surface area contributed by atoms with Gasteiger partial charge in [-0.15, -0.1) is 0 Å². The van der Waals surface area contributed by atoms with E-state index in [1.54, 1.807) is 37.2 Å². The Morgan fingerprint density at radius 3 is 2.45 bits per heavy atom. The van der Waals surface area contributed by atoms with E-state index >= 15 is 0 Å². The monoisotopic (exact) mass is 408 g/mol. The Morgan fingerprint density at radius 2 is 1.86 bits per heavy atom. The number of primary amides is 1. The van der Waals surface area contributed by atoms with Crippen molar-refractivity contribution in [1.29, 1.82) is 0 Å². The predicted octanol–water partition coefficient (Wildman–Crippen LogP) is 2.78. The number of hydrogen-bond donors (Lipinski definition) is 2. The van der Waals surface area contributed by atoms with Crippen LogP contribution in [0.1, 0.15) is 16.7 Å². The summed E-state index contributed by atoms with van der Waals surface area (Å²) in [5.74, 6) is 0.545. The van der Waals surface area contributed by atoms with Gasteiger partial charge in [-0.3, -0.25) is 9.79 Å². The van der Waals surface area contributed by atoms with Crippen molar-refractivity contribution in [3.8, 4) is 5.75 Å². The van der Waals surface area contributed by atoms with Crippen LogP contribution >= 0.6 is 0 Å². The van der Waals surface area contributed by atoms with Crippen LogP contribution < -0.4 is 15.8 Å². The number of nitrogens with zero attached hydrogens (tertiary/aromatic N) is 2. The summed E-state index contributed by atoms with van der Waals surface area (Å²) in [4.78, 5) is 16.8. The molecule has 29 heavy (non-hydrogen) atoms. The number of guanidine groups is 1. The highest BCUT2D eigenvalue weighted by Crippen LogP contribution is 2.29. The van der Waals surface area contributed by atoms with Gasteiger partial charge in [-0.05, 0) is 35.4 Å². The van der Waals surface area contributed by atoms with Crippen molar-refractivity contribution in [3.63, 3.8) is 0 Å². The van der Waals surface area contributed by atoms with Crippen molar-refractivity contribution in [1.82, 2.24) is 10.2 Å². The number of nitrogens with two attached hydrogens (primary N) is 1. The second kappa shape index (κ2) is 9.81. The molecule has 2 aromatic rings. The van der Waals surface area contributed by atoms with Crippen LogP contribution in [-0.2, 0) is 24.1 Å². The molecule has 0 heterocycles. The predicted molar refractivity (Wildman–Crippen MR) is 104 cm³/mol. The van der Waals surface area contributed by atoms with E-state index in [-0.39, 0.29) is 6.61 Å². The molecule has 0 atom stereocenters. The van der Waals surface area contributed by atoms with E-state index in [4.69, 9.17) is 10.5 Å². The van der Waals surface area contributed by atoms with E-state index in [9.17, 15) is 18.0 Å². The van der Waals surface area contributed by atoms with Crippen molar-refractivity contribution >= 4 is 11.9 Å². The molecule has 2 aromatic carbocycles. The molecule has 2 rings (SSSR count). The molecule has 3 N–H and O–H groups in total. The molecule has 0 bridgehead atoms. The average molecular weight is 408 g/mol. The molecule has 0 aliphatic heterocycles. The minimum absolute atomic E-state index is 0.200. The van der Waals surface area contributed by atoms with Crippen LogP contribution in [0.25, 0.3) is 0 Å². The van der Waals surface area contributed by atoms with Crippen molar-refractivity contribution in [2.45, 2.75) is 19.3 Å². The fourth-order valence-electron chi connectivity index (χ4n) is 2.61. The van der Waals surface area contributed by atoms with Gasteiger partial charge in [0.15, 0.2) is 12.6 Å². The fraction of sp³-hybridized carbons (Fsp3) is 0.300. The lowest BCUT2D eigenvalue weighted by atomic mass is 10.1. The first-order chi connectivity index (χ1) is 13.7. The van der Waals surface area contributed by atoms with E-state index in [2.05, 4.69) is 10.3 Å². The Labute approximate surface area is 167 Å². The Hall–Kier alpha value is -3.23. The SMILES string of the molecule is CN=C(NCc1cccc(OCC(N)=O)c1)N(C)Cc1ccc(C(F)(F)F)cc1. The Balaban J connectivity index is 1.94. The zero-order valence-corrected chi connectivity index (χ0v) is 16.2. The van der Waals surface area contributed by atoms with Crippen LogP contribution in [0.3, 0.4) is 0 Å². The Kier molecular flexibility index (Phi) is 7.46. The third-order valence-corrected chi connectivity index (χ3v) is 4.00. The van der Waals surface area contributed by atoms with Gasteiger partial charge in [-0.1, -0.05) is 24.3 Å². The molecule has 0 saturated carbocycles. The topological polar surface area (TPSA) is 80.0 Å². The number of alkyl halides is 3. The van der Waals surface area contributed by atoms with Gasteiger partial charge >= 0.3 is 6.18 Å². The van der Waals surface area contributed by atoms with E-state index in [0.29, 0.717) is 24.8 Å². The lowest BCUT2D eigenvalue weighted by molar-refractivity contribution is -0.137. The van der Waals surface area contributed by atoms with E-state index in [1.807, 2.05) is 6.07 Å². The Bertz CT molecular complexity index is 852. The fourth-order valence-corrected chi connectivity index (χ4v) is 2.61. The summed E-state index contributed by atoms with van der Waals surface area (Å²) >= 11 is 0. The van der Waals surface area contributed by atoms with Gasteiger partial charge in [0, 0.05) is 27.2 Å². The molecular formula is C20H23F3N4O2. The van der Waals surface area contributed by atoms with Gasteiger partial charge in [0.05, 0.1) is 5.56 Å². The molecule has 9 heteroatoms. The van der Waals surface area contributed by atoms with Crippen LogP contribution in [-0.4, -0.2) is 37.5 Å². The van der Waals surface area contributed by atoms with Crippen LogP contribution in [0.15, 0.2) is 53.5 Å². The van der Waals surface area contributed by atoms with E-state index in [0.717, 1.165) is 23.3 Å². The summed E-state index contributed by atoms with van der Waals surface area (Å²) in [6, 6.07) is 12.2. The van der Waals surface area contributed by atoms with Crippen LogP contribution in [0, 0.1) is 0 Å².